The van der Waals surface area contributed by atoms with Crippen molar-refractivity contribution in [3.63, 3.8) is 0 Å². The van der Waals surface area contributed by atoms with Gasteiger partial charge in [0.15, 0.2) is 0 Å². The van der Waals surface area contributed by atoms with E-state index in [1.165, 1.54) is 5.56 Å². The fraction of sp³-hybridized carbons (Fsp3) is 0.647. The van der Waals surface area contributed by atoms with Crippen molar-refractivity contribution in [1.29, 1.82) is 0 Å². The summed E-state index contributed by atoms with van der Waals surface area (Å²) < 4.78 is 12.7. The standard InChI is InChI=1S/C17H30O2Si/c1-14(2)18-20(16(5)6,19-15(3)4)13-12-17-10-8-7-9-11-17/h7-11,14-16H,12-13H2,1-6H3. The molecule has 0 unspecified atom stereocenters. The van der Waals surface area contributed by atoms with Gasteiger partial charge in [0.1, 0.15) is 0 Å². The lowest BCUT2D eigenvalue weighted by Crippen LogP contribution is -2.49. The van der Waals surface area contributed by atoms with Gasteiger partial charge in [-0.3, -0.25) is 0 Å². The van der Waals surface area contributed by atoms with Crippen LogP contribution in [0.5, 0.6) is 0 Å². The molecular formula is C17H30O2Si. The molecule has 0 saturated carbocycles. The summed E-state index contributed by atoms with van der Waals surface area (Å²) in [6.07, 6.45) is 1.47. The van der Waals surface area contributed by atoms with Gasteiger partial charge in [0.2, 0.25) is 0 Å². The minimum absolute atomic E-state index is 0.221. The van der Waals surface area contributed by atoms with Crippen LogP contribution in [-0.4, -0.2) is 20.8 Å². The molecule has 0 fully saturated rings. The fourth-order valence-electron chi connectivity index (χ4n) is 2.47. The van der Waals surface area contributed by atoms with Gasteiger partial charge >= 0.3 is 8.56 Å². The van der Waals surface area contributed by atoms with Crippen molar-refractivity contribution in [3.05, 3.63) is 35.9 Å². The maximum atomic E-state index is 6.35. The summed E-state index contributed by atoms with van der Waals surface area (Å²) in [5, 5.41) is 0. The van der Waals surface area contributed by atoms with Gasteiger partial charge in [-0.1, -0.05) is 44.2 Å². The van der Waals surface area contributed by atoms with Gasteiger partial charge in [-0.05, 0) is 51.3 Å². The zero-order valence-corrected chi connectivity index (χ0v) is 14.8. The van der Waals surface area contributed by atoms with Crippen LogP contribution in [0.3, 0.4) is 0 Å². The second kappa shape index (κ2) is 7.96. The van der Waals surface area contributed by atoms with Crippen LogP contribution in [0.1, 0.15) is 47.1 Å². The van der Waals surface area contributed by atoms with Crippen molar-refractivity contribution in [3.8, 4) is 0 Å². The molecule has 0 aromatic heterocycles. The Bertz CT molecular complexity index is 364. The van der Waals surface area contributed by atoms with Crippen molar-refractivity contribution >= 4 is 8.56 Å². The first-order valence-corrected chi connectivity index (χ1v) is 9.85. The Hall–Kier alpha value is -0.643. The zero-order chi connectivity index (χ0) is 15.2. The maximum Gasteiger partial charge on any atom is 0.341 e. The van der Waals surface area contributed by atoms with Crippen molar-refractivity contribution in [1.82, 2.24) is 0 Å². The summed E-state index contributed by atoms with van der Waals surface area (Å²) in [6, 6.07) is 11.6. The molecule has 0 spiro atoms. The van der Waals surface area contributed by atoms with Crippen LogP contribution >= 0.6 is 0 Å². The average Bonchev–Trinajstić information content (AvgIpc) is 2.35. The first-order chi connectivity index (χ1) is 9.35. The minimum Gasteiger partial charge on any atom is -0.392 e. The minimum atomic E-state index is -2.18. The molecule has 0 aliphatic heterocycles. The zero-order valence-electron chi connectivity index (χ0n) is 13.8. The molecule has 20 heavy (non-hydrogen) atoms. The summed E-state index contributed by atoms with van der Waals surface area (Å²) in [4.78, 5) is 0. The fourth-order valence-corrected chi connectivity index (χ4v) is 6.11. The Morgan fingerprint density at radius 2 is 1.35 bits per heavy atom. The number of hydrogen-bond donors (Lipinski definition) is 0. The van der Waals surface area contributed by atoms with Crippen LogP contribution in [0.15, 0.2) is 30.3 Å². The summed E-state index contributed by atoms with van der Waals surface area (Å²) >= 11 is 0. The lowest BCUT2D eigenvalue weighted by atomic mass is 10.2. The average molecular weight is 295 g/mol. The maximum absolute atomic E-state index is 6.35. The van der Waals surface area contributed by atoms with E-state index in [-0.39, 0.29) is 12.2 Å². The van der Waals surface area contributed by atoms with Crippen LogP contribution < -0.4 is 0 Å². The van der Waals surface area contributed by atoms with E-state index in [0.717, 1.165) is 12.5 Å². The number of aryl methyl sites for hydroxylation is 1. The summed E-state index contributed by atoms with van der Waals surface area (Å²) in [5.74, 6) is 0. The third-order valence-electron chi connectivity index (χ3n) is 3.35. The van der Waals surface area contributed by atoms with Gasteiger partial charge in [-0.25, -0.2) is 0 Å². The Labute approximate surface area is 125 Å². The summed E-state index contributed by atoms with van der Waals surface area (Å²) in [5.41, 5.74) is 1.82. The molecule has 1 rings (SSSR count). The van der Waals surface area contributed by atoms with E-state index in [2.05, 4.69) is 71.9 Å². The van der Waals surface area contributed by atoms with Gasteiger partial charge in [0.05, 0.1) is 0 Å². The third kappa shape index (κ3) is 5.39. The molecule has 0 aliphatic carbocycles. The molecule has 0 atom stereocenters. The van der Waals surface area contributed by atoms with Crippen LogP contribution in [0, 0.1) is 0 Å². The molecule has 0 aliphatic rings. The highest BCUT2D eigenvalue weighted by Gasteiger charge is 2.42. The van der Waals surface area contributed by atoms with E-state index in [0.29, 0.717) is 5.54 Å². The molecule has 0 radical (unpaired) electrons. The molecule has 0 amide bonds. The second-order valence-electron chi connectivity index (χ2n) is 6.29. The molecular weight excluding hydrogens is 264 g/mol. The number of benzene rings is 1. The van der Waals surface area contributed by atoms with Crippen molar-refractivity contribution < 1.29 is 8.85 Å². The Morgan fingerprint density at radius 3 is 1.75 bits per heavy atom. The molecule has 1 aromatic rings. The summed E-state index contributed by atoms with van der Waals surface area (Å²) in [7, 11) is -2.18. The predicted octanol–water partition coefficient (Wildman–Crippen LogP) is 4.93. The Morgan fingerprint density at radius 1 is 0.850 bits per heavy atom. The van der Waals surface area contributed by atoms with Gasteiger partial charge in [-0.15, -0.1) is 0 Å². The Balaban J connectivity index is 2.84. The second-order valence-corrected chi connectivity index (χ2v) is 10.0. The lowest BCUT2D eigenvalue weighted by molar-refractivity contribution is 0.0985. The van der Waals surface area contributed by atoms with Crippen molar-refractivity contribution in [2.75, 3.05) is 0 Å². The van der Waals surface area contributed by atoms with Crippen LogP contribution in [0.25, 0.3) is 0 Å². The molecule has 0 N–H and O–H groups in total. The van der Waals surface area contributed by atoms with E-state index < -0.39 is 8.56 Å². The highest BCUT2D eigenvalue weighted by molar-refractivity contribution is 6.69. The van der Waals surface area contributed by atoms with E-state index in [9.17, 15) is 0 Å². The first-order valence-electron chi connectivity index (χ1n) is 7.75. The molecule has 0 bridgehead atoms. The molecule has 114 valence electrons. The van der Waals surface area contributed by atoms with Gasteiger partial charge in [0.25, 0.3) is 0 Å². The van der Waals surface area contributed by atoms with Crippen molar-refractivity contribution in [2.24, 2.45) is 0 Å². The number of rotatable bonds is 8. The molecule has 3 heteroatoms. The monoisotopic (exact) mass is 294 g/mol. The summed E-state index contributed by atoms with van der Waals surface area (Å²) in [6.45, 7) is 12.9. The largest absolute Gasteiger partial charge is 0.392 e. The van der Waals surface area contributed by atoms with E-state index in [1.54, 1.807) is 0 Å². The Kier molecular flexibility index (Phi) is 6.93. The van der Waals surface area contributed by atoms with Gasteiger partial charge in [0, 0.05) is 12.2 Å². The predicted molar refractivity (Wildman–Crippen MR) is 88.2 cm³/mol. The first kappa shape index (κ1) is 17.4. The smallest absolute Gasteiger partial charge is 0.341 e. The molecule has 0 heterocycles. The quantitative estimate of drug-likeness (QED) is 0.633. The van der Waals surface area contributed by atoms with Gasteiger partial charge in [-0.2, -0.15) is 0 Å². The van der Waals surface area contributed by atoms with Crippen LogP contribution in [0.4, 0.5) is 0 Å². The van der Waals surface area contributed by atoms with Crippen molar-refractivity contribution in [2.45, 2.75) is 71.8 Å². The molecule has 1 aromatic carbocycles. The van der Waals surface area contributed by atoms with Gasteiger partial charge < -0.3 is 8.85 Å². The van der Waals surface area contributed by atoms with Crippen LogP contribution in [0.2, 0.25) is 11.6 Å². The third-order valence-corrected chi connectivity index (χ3v) is 7.80. The topological polar surface area (TPSA) is 18.5 Å². The SMILES string of the molecule is CC(C)O[Si](CCc1ccccc1)(OC(C)C)C(C)C. The lowest BCUT2D eigenvalue weighted by Gasteiger charge is -2.37. The van der Waals surface area contributed by atoms with Crippen LogP contribution in [-0.2, 0) is 15.3 Å². The molecule has 0 saturated heterocycles. The normalized spacial score (nSPS) is 12.7. The number of hydrogen-bond acceptors (Lipinski definition) is 2. The van der Waals surface area contributed by atoms with E-state index >= 15 is 0 Å². The van der Waals surface area contributed by atoms with E-state index in [1.807, 2.05) is 0 Å². The molecule has 2 nitrogen and oxygen atoms in total. The highest BCUT2D eigenvalue weighted by Crippen LogP contribution is 2.31. The van der Waals surface area contributed by atoms with E-state index in [4.69, 9.17) is 8.85 Å². The highest BCUT2D eigenvalue weighted by atomic mass is 28.4.